The average molecular weight is 370 g/mol. The van der Waals surface area contributed by atoms with Crippen LogP contribution in [-0.4, -0.2) is 46.5 Å². The summed E-state index contributed by atoms with van der Waals surface area (Å²) < 4.78 is 28.5. The van der Waals surface area contributed by atoms with E-state index in [-0.39, 0.29) is 12.0 Å². The van der Waals surface area contributed by atoms with Gasteiger partial charge in [0.05, 0.1) is 0 Å². The number of hydrogen-bond donors (Lipinski definition) is 1. The first-order valence-electron chi connectivity index (χ1n) is 9.75. The largest absolute Gasteiger partial charge is 0.383 e. The number of piperidine rings is 3. The molecule has 4 fully saturated rings. The number of fused-ring (bicyclic) bond motifs is 2. The standard InChI is InChI=1S/C21H24F2N4/c22-17-5-1-4-15(18(17)23)16-12-27(11-14-3-2-8-25-21(14)24)19-13-6-9-26(10-7-13)20(16)19/h1-5,8,13,16,19-20H,6-7,9-12H2,(H2,24,25)/t16-,19+,20+/m1/s1. The highest BCUT2D eigenvalue weighted by molar-refractivity contribution is 5.39. The van der Waals surface area contributed by atoms with Crippen molar-refractivity contribution in [3.8, 4) is 0 Å². The van der Waals surface area contributed by atoms with Crippen LogP contribution in [0.15, 0.2) is 36.5 Å². The second-order valence-corrected chi connectivity index (χ2v) is 8.08. The molecule has 4 saturated heterocycles. The third-order valence-corrected chi connectivity index (χ3v) is 6.77. The molecule has 1 aromatic heterocycles. The van der Waals surface area contributed by atoms with E-state index in [0.717, 1.165) is 25.2 Å². The first-order valence-corrected chi connectivity index (χ1v) is 9.75. The number of pyridine rings is 1. The van der Waals surface area contributed by atoms with Gasteiger partial charge in [-0.05, 0) is 49.5 Å². The van der Waals surface area contributed by atoms with E-state index in [1.165, 1.54) is 18.9 Å². The number of anilines is 1. The molecule has 2 N–H and O–H groups in total. The number of aromatic nitrogens is 1. The van der Waals surface area contributed by atoms with Gasteiger partial charge >= 0.3 is 0 Å². The van der Waals surface area contributed by atoms with Crippen molar-refractivity contribution in [1.82, 2.24) is 14.8 Å². The second kappa shape index (κ2) is 6.53. The molecule has 0 saturated carbocycles. The van der Waals surface area contributed by atoms with Gasteiger partial charge in [-0.1, -0.05) is 18.2 Å². The van der Waals surface area contributed by atoms with E-state index in [9.17, 15) is 8.78 Å². The fourth-order valence-corrected chi connectivity index (χ4v) is 5.61. The fraction of sp³-hybridized carbons (Fsp3) is 0.476. The molecule has 0 unspecified atom stereocenters. The van der Waals surface area contributed by atoms with Gasteiger partial charge in [-0.2, -0.15) is 0 Å². The van der Waals surface area contributed by atoms with Crippen molar-refractivity contribution < 1.29 is 8.78 Å². The SMILES string of the molecule is Nc1ncccc1CN1C[C@H](c2cccc(F)c2F)[C@H]2[C@@H]1C1CCN2CC1. The summed E-state index contributed by atoms with van der Waals surface area (Å²) in [6.45, 7) is 3.54. The Morgan fingerprint density at radius 1 is 1.07 bits per heavy atom. The van der Waals surface area contributed by atoms with E-state index < -0.39 is 11.6 Å². The molecule has 3 atom stereocenters. The molecule has 4 aliphatic rings. The van der Waals surface area contributed by atoms with E-state index in [0.29, 0.717) is 29.9 Å². The highest BCUT2D eigenvalue weighted by Gasteiger charge is 2.53. The Morgan fingerprint density at radius 3 is 2.67 bits per heavy atom. The van der Waals surface area contributed by atoms with Gasteiger partial charge in [0.25, 0.3) is 0 Å². The highest BCUT2D eigenvalue weighted by Crippen LogP contribution is 2.47. The van der Waals surface area contributed by atoms with Crippen molar-refractivity contribution in [2.24, 2.45) is 5.92 Å². The first kappa shape index (κ1) is 17.1. The maximum atomic E-state index is 14.6. The number of rotatable bonds is 3. The predicted molar refractivity (Wildman–Crippen MR) is 100 cm³/mol. The van der Waals surface area contributed by atoms with Crippen molar-refractivity contribution in [3.63, 3.8) is 0 Å². The Kier molecular flexibility index (Phi) is 4.13. The number of hydrogen-bond acceptors (Lipinski definition) is 4. The van der Waals surface area contributed by atoms with Gasteiger partial charge in [-0.25, -0.2) is 13.8 Å². The smallest absolute Gasteiger partial charge is 0.162 e. The summed E-state index contributed by atoms with van der Waals surface area (Å²) in [6.07, 6.45) is 4.06. The summed E-state index contributed by atoms with van der Waals surface area (Å²) in [6, 6.07) is 9.10. The van der Waals surface area contributed by atoms with E-state index in [4.69, 9.17) is 5.73 Å². The first-order chi connectivity index (χ1) is 13.1. The van der Waals surface area contributed by atoms with Crippen LogP contribution in [0.2, 0.25) is 0 Å². The molecule has 0 spiro atoms. The van der Waals surface area contributed by atoms with Gasteiger partial charge in [0.1, 0.15) is 5.82 Å². The predicted octanol–water partition coefficient (Wildman–Crippen LogP) is 3.00. The van der Waals surface area contributed by atoms with Crippen LogP contribution in [0.25, 0.3) is 0 Å². The Balaban J connectivity index is 1.52. The molecule has 142 valence electrons. The molecule has 2 aromatic rings. The van der Waals surface area contributed by atoms with Crippen LogP contribution in [0.1, 0.15) is 29.9 Å². The third-order valence-electron chi connectivity index (χ3n) is 6.77. The molecule has 6 rings (SSSR count). The van der Waals surface area contributed by atoms with Crippen molar-refractivity contribution in [2.45, 2.75) is 37.4 Å². The summed E-state index contributed by atoms with van der Waals surface area (Å²) in [5.41, 5.74) is 7.60. The van der Waals surface area contributed by atoms with Gasteiger partial charge in [0.15, 0.2) is 11.6 Å². The summed E-state index contributed by atoms with van der Waals surface area (Å²) in [5, 5.41) is 0. The summed E-state index contributed by atoms with van der Waals surface area (Å²) in [5.74, 6) is -0.302. The Hall–Kier alpha value is -2.05. The molecule has 27 heavy (non-hydrogen) atoms. The molecule has 1 aromatic carbocycles. The lowest BCUT2D eigenvalue weighted by Gasteiger charge is -2.51. The number of nitrogen functional groups attached to an aromatic ring is 1. The maximum absolute atomic E-state index is 14.6. The van der Waals surface area contributed by atoms with Crippen LogP contribution in [0.5, 0.6) is 0 Å². The molecule has 0 radical (unpaired) electrons. The molecular weight excluding hydrogens is 346 g/mol. The van der Waals surface area contributed by atoms with Gasteiger partial charge < -0.3 is 5.73 Å². The molecule has 2 bridgehead atoms. The molecule has 5 heterocycles. The zero-order valence-corrected chi connectivity index (χ0v) is 15.2. The van der Waals surface area contributed by atoms with Crippen LogP contribution in [0, 0.1) is 17.6 Å². The lowest BCUT2D eigenvalue weighted by Crippen LogP contribution is -2.60. The topological polar surface area (TPSA) is 45.4 Å². The van der Waals surface area contributed by atoms with Crippen molar-refractivity contribution >= 4 is 5.82 Å². The van der Waals surface area contributed by atoms with E-state index in [2.05, 4.69) is 14.8 Å². The Labute approximate surface area is 158 Å². The average Bonchev–Trinajstić information content (AvgIpc) is 3.08. The molecule has 6 heteroatoms. The van der Waals surface area contributed by atoms with Crippen molar-refractivity contribution in [1.29, 1.82) is 0 Å². The minimum absolute atomic E-state index is 0.0216. The number of benzene rings is 1. The van der Waals surface area contributed by atoms with Crippen LogP contribution in [0.3, 0.4) is 0 Å². The number of likely N-dealkylation sites (tertiary alicyclic amines) is 1. The zero-order valence-electron chi connectivity index (χ0n) is 15.2. The Morgan fingerprint density at radius 2 is 1.89 bits per heavy atom. The molecule has 4 nitrogen and oxygen atoms in total. The quantitative estimate of drug-likeness (QED) is 0.902. The summed E-state index contributed by atoms with van der Waals surface area (Å²) >= 11 is 0. The van der Waals surface area contributed by atoms with E-state index in [1.807, 2.05) is 12.1 Å². The molecule has 0 amide bonds. The van der Waals surface area contributed by atoms with Crippen molar-refractivity contribution in [2.75, 3.05) is 25.4 Å². The third kappa shape index (κ3) is 2.74. The zero-order chi connectivity index (χ0) is 18.5. The van der Waals surface area contributed by atoms with E-state index >= 15 is 0 Å². The minimum Gasteiger partial charge on any atom is -0.383 e. The molecule has 0 aliphatic carbocycles. The van der Waals surface area contributed by atoms with Crippen molar-refractivity contribution in [3.05, 3.63) is 59.3 Å². The Bertz CT molecular complexity index is 850. The van der Waals surface area contributed by atoms with Crippen LogP contribution < -0.4 is 5.73 Å². The van der Waals surface area contributed by atoms with Gasteiger partial charge in [-0.3, -0.25) is 9.80 Å². The van der Waals surface area contributed by atoms with Crippen LogP contribution in [0.4, 0.5) is 14.6 Å². The second-order valence-electron chi connectivity index (χ2n) is 8.08. The van der Waals surface area contributed by atoms with Gasteiger partial charge in [0, 0.05) is 42.9 Å². The summed E-state index contributed by atoms with van der Waals surface area (Å²) in [7, 11) is 0. The monoisotopic (exact) mass is 370 g/mol. The van der Waals surface area contributed by atoms with Crippen LogP contribution in [-0.2, 0) is 6.54 Å². The fourth-order valence-electron chi connectivity index (χ4n) is 5.61. The lowest BCUT2D eigenvalue weighted by atomic mass is 9.75. The number of nitrogens with zero attached hydrogens (tertiary/aromatic N) is 3. The van der Waals surface area contributed by atoms with Gasteiger partial charge in [-0.15, -0.1) is 0 Å². The summed E-state index contributed by atoms with van der Waals surface area (Å²) in [4.78, 5) is 9.13. The molecule has 4 aliphatic heterocycles. The lowest BCUT2D eigenvalue weighted by molar-refractivity contribution is -0.00885. The highest BCUT2D eigenvalue weighted by atomic mass is 19.2. The van der Waals surface area contributed by atoms with Gasteiger partial charge in [0.2, 0.25) is 0 Å². The minimum atomic E-state index is -0.755. The maximum Gasteiger partial charge on any atom is 0.162 e. The van der Waals surface area contributed by atoms with E-state index in [1.54, 1.807) is 18.3 Å². The van der Waals surface area contributed by atoms with Crippen LogP contribution >= 0.6 is 0 Å². The number of nitrogens with two attached hydrogens (primary N) is 1. The number of halogens is 2. The molecular formula is C21H24F2N4. The normalized spacial score (nSPS) is 32.6.